The van der Waals surface area contributed by atoms with E-state index in [1.54, 1.807) is 18.7 Å². The number of hydrogen-bond acceptors (Lipinski definition) is 4. The largest absolute Gasteiger partial charge is 0.453 e. The lowest BCUT2D eigenvalue weighted by Crippen LogP contribution is -2.30. The van der Waals surface area contributed by atoms with Crippen molar-refractivity contribution in [2.45, 2.75) is 52.0 Å². The summed E-state index contributed by atoms with van der Waals surface area (Å²) < 4.78 is 5.28. The number of rotatable bonds is 7. The first-order valence-corrected chi connectivity index (χ1v) is 10.0. The summed E-state index contributed by atoms with van der Waals surface area (Å²) in [6.07, 6.45) is -0.568. The predicted molar refractivity (Wildman–Crippen MR) is 111 cm³/mol. The molecule has 0 radical (unpaired) electrons. The first-order valence-electron chi connectivity index (χ1n) is 9.04. The number of anilines is 1. The van der Waals surface area contributed by atoms with Crippen LogP contribution in [0, 0.1) is 27.7 Å². The molecular formula is C22H27NO3S. The molecule has 0 aliphatic heterocycles. The third kappa shape index (κ3) is 6.14. The molecule has 0 saturated heterocycles. The van der Waals surface area contributed by atoms with Gasteiger partial charge in [0.15, 0.2) is 6.10 Å². The van der Waals surface area contributed by atoms with E-state index in [0.29, 0.717) is 5.75 Å². The smallest absolute Gasteiger partial charge is 0.307 e. The molecule has 1 atom stereocenters. The van der Waals surface area contributed by atoms with Crippen LogP contribution in [0.1, 0.15) is 35.6 Å². The number of nitrogens with one attached hydrogen (secondary N) is 1. The molecule has 0 saturated carbocycles. The van der Waals surface area contributed by atoms with Crippen LogP contribution < -0.4 is 5.32 Å². The van der Waals surface area contributed by atoms with E-state index in [-0.39, 0.29) is 18.3 Å². The number of benzene rings is 2. The zero-order chi connectivity index (χ0) is 20.0. The fourth-order valence-electron chi connectivity index (χ4n) is 2.60. The SMILES string of the molecule is Cc1ccc(SCCC(=O)O[C@@H](C)C(=O)Nc2c(C)cccc2C)cc1C. The van der Waals surface area contributed by atoms with E-state index in [9.17, 15) is 9.59 Å². The normalized spacial score (nSPS) is 11.7. The van der Waals surface area contributed by atoms with Crippen molar-refractivity contribution in [1.82, 2.24) is 0 Å². The molecule has 2 rings (SSSR count). The first kappa shape index (κ1) is 21.0. The summed E-state index contributed by atoms with van der Waals surface area (Å²) >= 11 is 1.61. The summed E-state index contributed by atoms with van der Waals surface area (Å²) in [4.78, 5) is 25.5. The quantitative estimate of drug-likeness (QED) is 0.540. The Morgan fingerprint density at radius 2 is 1.67 bits per heavy atom. The van der Waals surface area contributed by atoms with Crippen LogP contribution in [0.2, 0.25) is 0 Å². The van der Waals surface area contributed by atoms with Gasteiger partial charge in [0.1, 0.15) is 0 Å². The number of carbonyl (C=O) groups excluding carboxylic acids is 2. The Kier molecular flexibility index (Phi) is 7.48. The number of esters is 1. The van der Waals surface area contributed by atoms with Gasteiger partial charge in [0.25, 0.3) is 5.91 Å². The molecule has 0 aromatic heterocycles. The van der Waals surface area contributed by atoms with E-state index >= 15 is 0 Å². The van der Waals surface area contributed by atoms with Crippen molar-refractivity contribution in [3.8, 4) is 0 Å². The highest BCUT2D eigenvalue weighted by atomic mass is 32.2. The number of amides is 1. The fourth-order valence-corrected chi connectivity index (χ4v) is 3.53. The molecule has 0 unspecified atom stereocenters. The van der Waals surface area contributed by atoms with Gasteiger partial charge in [-0.3, -0.25) is 9.59 Å². The van der Waals surface area contributed by atoms with Crippen molar-refractivity contribution in [2.24, 2.45) is 0 Å². The lowest BCUT2D eigenvalue weighted by Gasteiger charge is -2.16. The lowest BCUT2D eigenvalue weighted by atomic mass is 10.1. The average molecular weight is 386 g/mol. The molecule has 0 aliphatic carbocycles. The Labute approximate surface area is 165 Å². The Morgan fingerprint density at radius 3 is 2.30 bits per heavy atom. The van der Waals surface area contributed by atoms with Gasteiger partial charge in [-0.1, -0.05) is 24.3 Å². The van der Waals surface area contributed by atoms with Crippen molar-refractivity contribution in [1.29, 1.82) is 0 Å². The summed E-state index contributed by atoms with van der Waals surface area (Å²) in [7, 11) is 0. The van der Waals surface area contributed by atoms with E-state index in [4.69, 9.17) is 4.74 Å². The molecule has 0 spiro atoms. The molecule has 0 bridgehead atoms. The third-order valence-electron chi connectivity index (χ3n) is 4.46. The second-order valence-corrected chi connectivity index (χ2v) is 7.90. The first-order chi connectivity index (χ1) is 12.8. The Bertz CT molecular complexity index is 812. The highest BCUT2D eigenvalue weighted by Crippen LogP contribution is 2.22. The van der Waals surface area contributed by atoms with E-state index in [1.807, 2.05) is 32.0 Å². The summed E-state index contributed by atoms with van der Waals surface area (Å²) in [6, 6.07) is 12.1. The molecule has 0 aliphatic rings. The maximum absolute atomic E-state index is 12.3. The van der Waals surface area contributed by atoms with Gasteiger partial charge in [0, 0.05) is 16.3 Å². The van der Waals surface area contributed by atoms with Crippen LogP contribution in [-0.2, 0) is 14.3 Å². The third-order valence-corrected chi connectivity index (χ3v) is 5.46. The van der Waals surface area contributed by atoms with Gasteiger partial charge in [-0.15, -0.1) is 11.8 Å². The van der Waals surface area contributed by atoms with E-state index in [0.717, 1.165) is 21.7 Å². The van der Waals surface area contributed by atoms with Crippen LogP contribution in [0.25, 0.3) is 0 Å². The van der Waals surface area contributed by atoms with Crippen LogP contribution in [0.5, 0.6) is 0 Å². The van der Waals surface area contributed by atoms with E-state index in [1.165, 1.54) is 11.1 Å². The summed E-state index contributed by atoms with van der Waals surface area (Å²) in [6.45, 7) is 9.61. The standard InChI is InChI=1S/C22H27NO3S/c1-14-9-10-19(13-17(14)4)27-12-11-20(24)26-18(5)22(25)23-21-15(2)7-6-8-16(21)3/h6-10,13,18H,11-12H2,1-5H3,(H,23,25)/t18-/m0/s1. The molecule has 5 heteroatoms. The Balaban J connectivity index is 1.80. The predicted octanol–water partition coefficient (Wildman–Crippen LogP) is 4.97. The molecule has 2 aromatic carbocycles. The van der Waals surface area contributed by atoms with Crippen molar-refractivity contribution in [3.63, 3.8) is 0 Å². The average Bonchev–Trinajstić information content (AvgIpc) is 2.61. The van der Waals surface area contributed by atoms with Gasteiger partial charge in [0.05, 0.1) is 6.42 Å². The number of hydrogen-bond donors (Lipinski definition) is 1. The van der Waals surface area contributed by atoms with Crippen LogP contribution in [-0.4, -0.2) is 23.7 Å². The topological polar surface area (TPSA) is 55.4 Å². The van der Waals surface area contributed by atoms with Crippen LogP contribution in [0.4, 0.5) is 5.69 Å². The molecule has 4 nitrogen and oxygen atoms in total. The summed E-state index contributed by atoms with van der Waals surface area (Å²) in [5.74, 6) is -0.0647. The monoisotopic (exact) mass is 385 g/mol. The number of carbonyl (C=O) groups is 2. The number of aryl methyl sites for hydroxylation is 4. The van der Waals surface area contributed by atoms with Gasteiger partial charge in [-0.2, -0.15) is 0 Å². The van der Waals surface area contributed by atoms with Crippen molar-refractivity contribution < 1.29 is 14.3 Å². The molecule has 1 amide bonds. The number of thioether (sulfide) groups is 1. The van der Waals surface area contributed by atoms with Crippen molar-refractivity contribution >= 4 is 29.3 Å². The van der Waals surface area contributed by atoms with E-state index in [2.05, 4.69) is 37.4 Å². The fraction of sp³-hybridized carbons (Fsp3) is 0.364. The zero-order valence-electron chi connectivity index (χ0n) is 16.6. The van der Waals surface area contributed by atoms with Crippen molar-refractivity contribution in [2.75, 3.05) is 11.1 Å². The molecule has 0 fully saturated rings. The maximum Gasteiger partial charge on any atom is 0.307 e. The summed E-state index contributed by atoms with van der Waals surface area (Å²) in [5, 5.41) is 2.86. The second kappa shape index (κ2) is 9.60. The van der Waals surface area contributed by atoms with Gasteiger partial charge < -0.3 is 10.1 Å². The van der Waals surface area contributed by atoms with Crippen LogP contribution >= 0.6 is 11.8 Å². The highest BCUT2D eigenvalue weighted by molar-refractivity contribution is 7.99. The molecule has 2 aromatic rings. The van der Waals surface area contributed by atoms with E-state index < -0.39 is 6.10 Å². The van der Waals surface area contributed by atoms with Gasteiger partial charge in [-0.05, 0) is 69.0 Å². The Hall–Kier alpha value is -2.27. The molecule has 27 heavy (non-hydrogen) atoms. The second-order valence-electron chi connectivity index (χ2n) is 6.73. The van der Waals surface area contributed by atoms with Gasteiger partial charge >= 0.3 is 5.97 Å². The van der Waals surface area contributed by atoms with Gasteiger partial charge in [-0.25, -0.2) is 0 Å². The zero-order valence-corrected chi connectivity index (χ0v) is 17.4. The minimum Gasteiger partial charge on any atom is -0.453 e. The minimum absolute atomic E-state index is 0.263. The lowest BCUT2D eigenvalue weighted by molar-refractivity contribution is -0.152. The Morgan fingerprint density at radius 1 is 1.00 bits per heavy atom. The highest BCUT2D eigenvalue weighted by Gasteiger charge is 2.19. The minimum atomic E-state index is -0.830. The molecule has 1 N–H and O–H groups in total. The molecular weight excluding hydrogens is 358 g/mol. The molecule has 0 heterocycles. The van der Waals surface area contributed by atoms with Gasteiger partial charge in [0.2, 0.25) is 0 Å². The maximum atomic E-state index is 12.3. The molecule has 144 valence electrons. The van der Waals surface area contributed by atoms with Crippen molar-refractivity contribution in [3.05, 3.63) is 58.7 Å². The van der Waals surface area contributed by atoms with Crippen LogP contribution in [0.3, 0.4) is 0 Å². The van der Waals surface area contributed by atoms with Crippen LogP contribution in [0.15, 0.2) is 41.3 Å². The number of ether oxygens (including phenoxy) is 1. The summed E-state index contributed by atoms with van der Waals surface area (Å²) in [5.41, 5.74) is 5.22. The number of para-hydroxylation sites is 1.